The number of rotatable bonds is 4. The molecule has 0 aromatic heterocycles. The summed E-state index contributed by atoms with van der Waals surface area (Å²) in [6.07, 6.45) is 0.827. The molecule has 2 aromatic carbocycles. The number of hydrogen-bond acceptors (Lipinski definition) is 2. The molecule has 0 aliphatic heterocycles. The molecule has 1 atom stereocenters. The molecule has 0 aliphatic carbocycles. The zero-order valence-electron chi connectivity index (χ0n) is 11.3. The highest BCUT2D eigenvalue weighted by molar-refractivity contribution is 5.67. The van der Waals surface area contributed by atoms with E-state index in [9.17, 15) is 4.39 Å². The Labute approximate surface area is 113 Å². The number of aryl methyl sites for hydroxylation is 1. The van der Waals surface area contributed by atoms with E-state index < -0.39 is 0 Å². The Morgan fingerprint density at radius 1 is 1.16 bits per heavy atom. The molecule has 0 radical (unpaired) electrons. The van der Waals surface area contributed by atoms with Crippen molar-refractivity contribution < 1.29 is 4.39 Å². The van der Waals surface area contributed by atoms with Crippen molar-refractivity contribution >= 4 is 11.4 Å². The van der Waals surface area contributed by atoms with Gasteiger partial charge in [-0.2, -0.15) is 0 Å². The monoisotopic (exact) mass is 258 g/mol. The van der Waals surface area contributed by atoms with Crippen LogP contribution in [-0.4, -0.2) is 6.04 Å². The highest BCUT2D eigenvalue weighted by Crippen LogP contribution is 2.21. The number of halogens is 1. The van der Waals surface area contributed by atoms with Crippen LogP contribution in [0.15, 0.2) is 42.5 Å². The molecule has 0 heterocycles. The van der Waals surface area contributed by atoms with Crippen LogP contribution in [0.1, 0.15) is 18.1 Å². The van der Waals surface area contributed by atoms with Gasteiger partial charge in [-0.3, -0.25) is 0 Å². The van der Waals surface area contributed by atoms with Crippen LogP contribution in [0.3, 0.4) is 0 Å². The summed E-state index contributed by atoms with van der Waals surface area (Å²) in [5, 5.41) is 3.38. The number of nitrogens with two attached hydrogens (primary N) is 1. The van der Waals surface area contributed by atoms with Crippen LogP contribution in [0.4, 0.5) is 15.8 Å². The lowest BCUT2D eigenvalue weighted by Gasteiger charge is -2.17. The number of nitrogen functional groups attached to an aromatic ring is 1. The SMILES string of the molecule is Cc1ccc(NC(C)Cc2ccc(F)cc2)c(N)c1. The third-order valence-electron chi connectivity index (χ3n) is 3.06. The van der Waals surface area contributed by atoms with Crippen molar-refractivity contribution in [2.75, 3.05) is 11.1 Å². The maximum atomic E-state index is 12.8. The van der Waals surface area contributed by atoms with Crippen LogP contribution in [0.5, 0.6) is 0 Å². The van der Waals surface area contributed by atoms with Crippen molar-refractivity contribution in [3.05, 3.63) is 59.4 Å². The van der Waals surface area contributed by atoms with Crippen molar-refractivity contribution in [2.24, 2.45) is 0 Å². The number of benzene rings is 2. The smallest absolute Gasteiger partial charge is 0.123 e. The summed E-state index contributed by atoms with van der Waals surface area (Å²) in [5.41, 5.74) is 9.92. The molecule has 2 nitrogen and oxygen atoms in total. The van der Waals surface area contributed by atoms with Crippen molar-refractivity contribution in [2.45, 2.75) is 26.3 Å². The fourth-order valence-corrected chi connectivity index (χ4v) is 2.10. The first kappa shape index (κ1) is 13.4. The minimum absolute atomic E-state index is 0.202. The van der Waals surface area contributed by atoms with Gasteiger partial charge in [0.05, 0.1) is 11.4 Å². The Bertz CT molecular complexity index is 549. The fraction of sp³-hybridized carbons (Fsp3) is 0.250. The second kappa shape index (κ2) is 5.74. The van der Waals surface area contributed by atoms with Gasteiger partial charge in [0, 0.05) is 6.04 Å². The predicted molar refractivity (Wildman–Crippen MR) is 78.8 cm³/mol. The molecule has 2 rings (SSSR count). The van der Waals surface area contributed by atoms with E-state index in [4.69, 9.17) is 5.73 Å². The lowest BCUT2D eigenvalue weighted by atomic mass is 10.1. The van der Waals surface area contributed by atoms with Gasteiger partial charge < -0.3 is 11.1 Å². The first-order chi connectivity index (χ1) is 9.04. The molecule has 1 unspecified atom stereocenters. The Hall–Kier alpha value is -2.03. The minimum Gasteiger partial charge on any atom is -0.397 e. The quantitative estimate of drug-likeness (QED) is 0.819. The maximum absolute atomic E-state index is 12.8. The second-order valence-corrected chi connectivity index (χ2v) is 4.97. The molecule has 100 valence electrons. The van der Waals surface area contributed by atoms with Crippen molar-refractivity contribution in [1.82, 2.24) is 0 Å². The summed E-state index contributed by atoms with van der Waals surface area (Å²) in [6, 6.07) is 12.8. The van der Waals surface area contributed by atoms with Crippen LogP contribution < -0.4 is 11.1 Å². The van der Waals surface area contributed by atoms with E-state index in [1.807, 2.05) is 37.3 Å². The van der Waals surface area contributed by atoms with E-state index in [0.29, 0.717) is 0 Å². The Kier molecular flexibility index (Phi) is 4.05. The highest BCUT2D eigenvalue weighted by atomic mass is 19.1. The average molecular weight is 258 g/mol. The summed E-state index contributed by atoms with van der Waals surface area (Å²) in [7, 11) is 0. The molecular weight excluding hydrogens is 239 g/mol. The molecule has 0 aliphatic rings. The van der Waals surface area contributed by atoms with Gasteiger partial charge in [-0.15, -0.1) is 0 Å². The maximum Gasteiger partial charge on any atom is 0.123 e. The molecule has 19 heavy (non-hydrogen) atoms. The summed E-state index contributed by atoms with van der Waals surface area (Å²) in [4.78, 5) is 0. The van der Waals surface area contributed by atoms with Crippen LogP contribution in [0, 0.1) is 12.7 Å². The molecule has 3 N–H and O–H groups in total. The highest BCUT2D eigenvalue weighted by Gasteiger charge is 2.06. The molecule has 3 heteroatoms. The molecule has 0 bridgehead atoms. The van der Waals surface area contributed by atoms with Crippen LogP contribution >= 0.6 is 0 Å². The van der Waals surface area contributed by atoms with E-state index in [1.165, 1.54) is 12.1 Å². The van der Waals surface area contributed by atoms with Crippen molar-refractivity contribution in [3.63, 3.8) is 0 Å². The summed E-state index contributed by atoms with van der Waals surface area (Å²) < 4.78 is 12.8. The molecule has 0 amide bonds. The van der Waals surface area contributed by atoms with Crippen molar-refractivity contribution in [3.8, 4) is 0 Å². The first-order valence-corrected chi connectivity index (χ1v) is 6.41. The number of anilines is 2. The van der Waals surface area contributed by atoms with Gasteiger partial charge in [-0.05, 0) is 55.7 Å². The minimum atomic E-state index is -0.202. The lowest BCUT2D eigenvalue weighted by molar-refractivity contribution is 0.626. The topological polar surface area (TPSA) is 38.0 Å². The van der Waals surface area contributed by atoms with Crippen LogP contribution in [-0.2, 0) is 6.42 Å². The zero-order valence-corrected chi connectivity index (χ0v) is 11.3. The third-order valence-corrected chi connectivity index (χ3v) is 3.06. The normalized spacial score (nSPS) is 12.2. The van der Waals surface area contributed by atoms with Crippen LogP contribution in [0.2, 0.25) is 0 Å². The van der Waals surface area contributed by atoms with E-state index in [2.05, 4.69) is 12.2 Å². The van der Waals surface area contributed by atoms with E-state index in [0.717, 1.165) is 28.9 Å². The summed E-state index contributed by atoms with van der Waals surface area (Å²) in [5.74, 6) is -0.202. The number of nitrogens with one attached hydrogen (secondary N) is 1. The third kappa shape index (κ3) is 3.71. The lowest BCUT2D eigenvalue weighted by Crippen LogP contribution is -2.18. The molecule has 0 saturated carbocycles. The van der Waals surface area contributed by atoms with Gasteiger partial charge >= 0.3 is 0 Å². The zero-order chi connectivity index (χ0) is 13.8. The molecule has 0 saturated heterocycles. The number of hydrogen-bond donors (Lipinski definition) is 2. The Balaban J connectivity index is 2.01. The second-order valence-electron chi connectivity index (χ2n) is 4.97. The van der Waals surface area contributed by atoms with Gasteiger partial charge in [0.2, 0.25) is 0 Å². The van der Waals surface area contributed by atoms with Gasteiger partial charge in [-0.1, -0.05) is 18.2 Å². The standard InChI is InChI=1S/C16H19FN2/c1-11-3-8-16(15(18)9-11)19-12(2)10-13-4-6-14(17)7-5-13/h3-9,12,19H,10,18H2,1-2H3. The van der Waals surface area contributed by atoms with Gasteiger partial charge in [0.1, 0.15) is 5.82 Å². The van der Waals surface area contributed by atoms with Crippen molar-refractivity contribution in [1.29, 1.82) is 0 Å². The summed E-state index contributed by atoms with van der Waals surface area (Å²) in [6.45, 7) is 4.10. The van der Waals surface area contributed by atoms with Crippen LogP contribution in [0.25, 0.3) is 0 Å². The Morgan fingerprint density at radius 3 is 2.47 bits per heavy atom. The Morgan fingerprint density at radius 2 is 1.84 bits per heavy atom. The van der Waals surface area contributed by atoms with E-state index in [-0.39, 0.29) is 11.9 Å². The fourth-order valence-electron chi connectivity index (χ4n) is 2.10. The summed E-state index contributed by atoms with van der Waals surface area (Å²) >= 11 is 0. The predicted octanol–water partition coefficient (Wildman–Crippen LogP) is 3.76. The van der Waals surface area contributed by atoms with Gasteiger partial charge in [0.25, 0.3) is 0 Å². The van der Waals surface area contributed by atoms with Gasteiger partial charge in [0.15, 0.2) is 0 Å². The molecule has 0 spiro atoms. The average Bonchev–Trinajstić information content (AvgIpc) is 2.36. The van der Waals surface area contributed by atoms with E-state index in [1.54, 1.807) is 0 Å². The first-order valence-electron chi connectivity index (χ1n) is 6.41. The molecular formula is C16H19FN2. The molecule has 2 aromatic rings. The molecule has 0 fully saturated rings. The largest absolute Gasteiger partial charge is 0.397 e. The van der Waals surface area contributed by atoms with Gasteiger partial charge in [-0.25, -0.2) is 4.39 Å². The van der Waals surface area contributed by atoms with E-state index >= 15 is 0 Å².